The second-order valence-corrected chi connectivity index (χ2v) is 6.78. The zero-order valence-electron chi connectivity index (χ0n) is 14.7. The Bertz CT molecular complexity index is 941. The molecule has 138 valence electrons. The smallest absolute Gasteiger partial charge is 0.255 e. The van der Waals surface area contributed by atoms with Crippen LogP contribution < -0.4 is 16.4 Å². The highest BCUT2D eigenvalue weighted by Crippen LogP contribution is 2.30. The standard InChI is InChI=1S/C20H20N4O3/c21-15-6-1-2-7-16(15)22-10-12-4-3-5-13-14(12)11-24(20(13)27)17-8-9-18(25)23-19(17)26/h1-7,17,22H,8-11,21H2,(H,23,25,26). The number of piperidine rings is 1. The number of hydrogen-bond acceptors (Lipinski definition) is 5. The normalized spacial score (nSPS) is 19.0. The van der Waals surface area contributed by atoms with Crippen LogP contribution in [-0.4, -0.2) is 28.7 Å². The molecule has 2 heterocycles. The van der Waals surface area contributed by atoms with Gasteiger partial charge in [0.05, 0.1) is 11.4 Å². The van der Waals surface area contributed by atoms with Gasteiger partial charge in [-0.25, -0.2) is 0 Å². The number of nitrogens with zero attached hydrogens (tertiary/aromatic N) is 1. The van der Waals surface area contributed by atoms with Crippen LogP contribution in [0.5, 0.6) is 0 Å². The minimum absolute atomic E-state index is 0.166. The topological polar surface area (TPSA) is 105 Å². The van der Waals surface area contributed by atoms with Crippen LogP contribution in [-0.2, 0) is 22.7 Å². The SMILES string of the molecule is Nc1ccccc1NCc1cccc2c1CN(C1CCC(=O)NC1=O)C2=O. The number of rotatable bonds is 4. The van der Waals surface area contributed by atoms with Crippen molar-refractivity contribution in [1.29, 1.82) is 0 Å². The monoisotopic (exact) mass is 364 g/mol. The maximum atomic E-state index is 12.8. The number of amides is 3. The fourth-order valence-corrected chi connectivity index (χ4v) is 3.66. The van der Waals surface area contributed by atoms with Crippen molar-refractivity contribution in [3.8, 4) is 0 Å². The fourth-order valence-electron chi connectivity index (χ4n) is 3.66. The molecule has 0 aromatic heterocycles. The Balaban J connectivity index is 1.55. The molecule has 2 aliphatic heterocycles. The molecule has 27 heavy (non-hydrogen) atoms. The number of nitrogen functional groups attached to an aromatic ring is 1. The molecule has 2 aromatic rings. The highest BCUT2D eigenvalue weighted by Gasteiger charge is 2.39. The van der Waals surface area contributed by atoms with Gasteiger partial charge in [-0.3, -0.25) is 19.7 Å². The lowest BCUT2D eigenvalue weighted by Gasteiger charge is -2.29. The molecule has 2 aliphatic rings. The van der Waals surface area contributed by atoms with Crippen molar-refractivity contribution in [1.82, 2.24) is 10.2 Å². The van der Waals surface area contributed by atoms with Crippen molar-refractivity contribution in [3.63, 3.8) is 0 Å². The van der Waals surface area contributed by atoms with Crippen LogP contribution in [0.2, 0.25) is 0 Å². The molecule has 4 N–H and O–H groups in total. The van der Waals surface area contributed by atoms with Crippen LogP contribution in [0.1, 0.15) is 34.3 Å². The molecule has 1 saturated heterocycles. The third-order valence-electron chi connectivity index (χ3n) is 5.11. The summed E-state index contributed by atoms with van der Waals surface area (Å²) in [5.41, 5.74) is 9.97. The van der Waals surface area contributed by atoms with E-state index >= 15 is 0 Å². The van der Waals surface area contributed by atoms with Crippen LogP contribution in [0, 0.1) is 0 Å². The number of hydrogen-bond donors (Lipinski definition) is 3. The fraction of sp³-hybridized carbons (Fsp3) is 0.250. The van der Waals surface area contributed by atoms with Gasteiger partial charge >= 0.3 is 0 Å². The van der Waals surface area contributed by atoms with E-state index in [0.717, 1.165) is 16.8 Å². The van der Waals surface area contributed by atoms with Crippen molar-refractivity contribution in [3.05, 3.63) is 59.2 Å². The van der Waals surface area contributed by atoms with E-state index in [1.165, 1.54) is 0 Å². The molecular formula is C20H20N4O3. The molecule has 0 saturated carbocycles. The molecule has 0 spiro atoms. The van der Waals surface area contributed by atoms with Crippen molar-refractivity contribution in [2.24, 2.45) is 0 Å². The molecule has 2 aromatic carbocycles. The first kappa shape index (κ1) is 17.1. The van der Waals surface area contributed by atoms with E-state index < -0.39 is 11.9 Å². The van der Waals surface area contributed by atoms with Gasteiger partial charge in [-0.15, -0.1) is 0 Å². The minimum Gasteiger partial charge on any atom is -0.397 e. The third-order valence-corrected chi connectivity index (χ3v) is 5.11. The first-order valence-electron chi connectivity index (χ1n) is 8.88. The van der Waals surface area contributed by atoms with Gasteiger partial charge in [0, 0.05) is 25.1 Å². The molecule has 0 bridgehead atoms. The molecule has 0 aliphatic carbocycles. The average Bonchev–Trinajstić information content (AvgIpc) is 2.98. The van der Waals surface area contributed by atoms with Gasteiger partial charge in [-0.05, 0) is 35.7 Å². The van der Waals surface area contributed by atoms with Gasteiger partial charge in [0.2, 0.25) is 11.8 Å². The lowest BCUT2D eigenvalue weighted by atomic mass is 10.0. The highest BCUT2D eigenvalue weighted by atomic mass is 16.2. The Labute approximate surface area is 156 Å². The molecule has 0 radical (unpaired) electrons. The quantitative estimate of drug-likeness (QED) is 0.565. The maximum absolute atomic E-state index is 12.8. The van der Waals surface area contributed by atoms with Crippen LogP contribution in [0.3, 0.4) is 0 Å². The second-order valence-electron chi connectivity index (χ2n) is 6.78. The zero-order valence-corrected chi connectivity index (χ0v) is 14.7. The molecule has 4 rings (SSSR count). The summed E-state index contributed by atoms with van der Waals surface area (Å²) < 4.78 is 0. The number of anilines is 2. The summed E-state index contributed by atoms with van der Waals surface area (Å²) in [5.74, 6) is -0.851. The Morgan fingerprint density at radius 3 is 2.70 bits per heavy atom. The Hall–Kier alpha value is -3.35. The van der Waals surface area contributed by atoms with E-state index in [-0.39, 0.29) is 18.2 Å². The Kier molecular flexibility index (Phi) is 4.27. The predicted molar refractivity (Wildman–Crippen MR) is 101 cm³/mol. The molecular weight excluding hydrogens is 344 g/mol. The summed E-state index contributed by atoms with van der Waals surface area (Å²) in [6.45, 7) is 0.885. The highest BCUT2D eigenvalue weighted by molar-refractivity contribution is 6.05. The number of carbonyl (C=O) groups excluding carboxylic acids is 3. The minimum atomic E-state index is -0.604. The molecule has 1 unspecified atom stereocenters. The third kappa shape index (κ3) is 3.12. The molecule has 1 fully saturated rings. The average molecular weight is 364 g/mol. The summed E-state index contributed by atoms with van der Waals surface area (Å²) in [5, 5.41) is 5.63. The largest absolute Gasteiger partial charge is 0.397 e. The molecule has 1 atom stereocenters. The van der Waals surface area contributed by atoms with Gasteiger partial charge in [0.25, 0.3) is 5.91 Å². The summed E-state index contributed by atoms with van der Waals surface area (Å²) in [7, 11) is 0. The van der Waals surface area contributed by atoms with Crippen LogP contribution >= 0.6 is 0 Å². The predicted octanol–water partition coefficient (Wildman–Crippen LogP) is 1.64. The van der Waals surface area contributed by atoms with Crippen molar-refractivity contribution < 1.29 is 14.4 Å². The van der Waals surface area contributed by atoms with E-state index in [4.69, 9.17) is 5.73 Å². The number of fused-ring (bicyclic) bond motifs is 1. The number of carbonyl (C=O) groups is 3. The Morgan fingerprint density at radius 2 is 1.93 bits per heavy atom. The number of imide groups is 1. The van der Waals surface area contributed by atoms with Gasteiger partial charge in [0.1, 0.15) is 6.04 Å². The first-order valence-corrected chi connectivity index (χ1v) is 8.88. The van der Waals surface area contributed by atoms with E-state index in [1.807, 2.05) is 36.4 Å². The Morgan fingerprint density at radius 1 is 1.11 bits per heavy atom. The van der Waals surface area contributed by atoms with Gasteiger partial charge in [-0.2, -0.15) is 0 Å². The van der Waals surface area contributed by atoms with Crippen molar-refractivity contribution in [2.75, 3.05) is 11.1 Å². The summed E-state index contributed by atoms with van der Waals surface area (Å²) in [6.07, 6.45) is 0.608. The van der Waals surface area contributed by atoms with E-state index in [1.54, 1.807) is 11.0 Å². The first-order chi connectivity index (χ1) is 13.0. The lowest BCUT2D eigenvalue weighted by molar-refractivity contribution is -0.136. The molecule has 7 nitrogen and oxygen atoms in total. The van der Waals surface area contributed by atoms with E-state index in [0.29, 0.717) is 30.8 Å². The van der Waals surface area contributed by atoms with Crippen molar-refractivity contribution in [2.45, 2.75) is 32.0 Å². The summed E-state index contributed by atoms with van der Waals surface area (Å²) in [4.78, 5) is 37.9. The van der Waals surface area contributed by atoms with Crippen molar-refractivity contribution >= 4 is 29.1 Å². The van der Waals surface area contributed by atoms with E-state index in [9.17, 15) is 14.4 Å². The van der Waals surface area contributed by atoms with Crippen LogP contribution in [0.4, 0.5) is 11.4 Å². The van der Waals surface area contributed by atoms with Gasteiger partial charge in [0.15, 0.2) is 0 Å². The second kappa shape index (κ2) is 6.75. The van der Waals surface area contributed by atoms with E-state index in [2.05, 4.69) is 10.6 Å². The molecule has 7 heteroatoms. The van der Waals surface area contributed by atoms with Crippen LogP contribution in [0.15, 0.2) is 42.5 Å². The number of nitrogens with two attached hydrogens (primary N) is 1. The number of benzene rings is 2. The zero-order chi connectivity index (χ0) is 19.0. The lowest BCUT2D eigenvalue weighted by Crippen LogP contribution is -2.52. The summed E-state index contributed by atoms with van der Waals surface area (Å²) in [6, 6.07) is 12.5. The number of para-hydroxylation sites is 2. The van der Waals surface area contributed by atoms with Gasteiger partial charge < -0.3 is 16.0 Å². The van der Waals surface area contributed by atoms with Gasteiger partial charge in [-0.1, -0.05) is 24.3 Å². The molecule has 3 amide bonds. The number of nitrogens with one attached hydrogen (secondary N) is 2. The maximum Gasteiger partial charge on any atom is 0.255 e. The summed E-state index contributed by atoms with van der Waals surface area (Å²) >= 11 is 0. The van der Waals surface area contributed by atoms with Crippen LogP contribution in [0.25, 0.3) is 0 Å².